The summed E-state index contributed by atoms with van der Waals surface area (Å²) in [7, 11) is 0. The molecule has 0 aliphatic heterocycles. The van der Waals surface area contributed by atoms with Crippen LogP contribution in [0.2, 0.25) is 0 Å². The van der Waals surface area contributed by atoms with Crippen molar-refractivity contribution in [1.29, 1.82) is 0 Å². The van der Waals surface area contributed by atoms with Crippen LogP contribution in [0.3, 0.4) is 0 Å². The van der Waals surface area contributed by atoms with Crippen molar-refractivity contribution in [2.45, 2.75) is 20.5 Å². The Hall–Kier alpha value is -1.16. The fourth-order valence-electron chi connectivity index (χ4n) is 0.957. The van der Waals surface area contributed by atoms with Gasteiger partial charge < -0.3 is 9.84 Å². The van der Waals surface area contributed by atoms with Crippen molar-refractivity contribution in [3.8, 4) is 5.88 Å². The Kier molecular flexibility index (Phi) is 3.83. The SMILES string of the molecule is CC(C)COc1ncc(F)cc1CO. The van der Waals surface area contributed by atoms with Crippen LogP contribution in [-0.2, 0) is 6.61 Å². The molecule has 0 spiro atoms. The van der Waals surface area contributed by atoms with Gasteiger partial charge in [-0.15, -0.1) is 0 Å². The van der Waals surface area contributed by atoms with Gasteiger partial charge in [0, 0.05) is 5.56 Å². The Morgan fingerprint density at radius 3 is 2.86 bits per heavy atom. The molecule has 14 heavy (non-hydrogen) atoms. The van der Waals surface area contributed by atoms with Gasteiger partial charge in [-0.3, -0.25) is 0 Å². The van der Waals surface area contributed by atoms with Gasteiger partial charge in [0.2, 0.25) is 5.88 Å². The minimum Gasteiger partial charge on any atom is -0.477 e. The molecule has 4 heteroatoms. The summed E-state index contributed by atoms with van der Waals surface area (Å²) in [5, 5.41) is 8.92. The molecule has 0 bridgehead atoms. The zero-order valence-electron chi connectivity index (χ0n) is 8.33. The van der Waals surface area contributed by atoms with Crippen LogP contribution >= 0.6 is 0 Å². The summed E-state index contributed by atoms with van der Waals surface area (Å²) in [4.78, 5) is 3.76. The average molecular weight is 199 g/mol. The number of nitrogens with zero attached hydrogens (tertiary/aromatic N) is 1. The Labute approximate surface area is 82.5 Å². The number of hydrogen-bond acceptors (Lipinski definition) is 3. The smallest absolute Gasteiger partial charge is 0.219 e. The molecule has 0 unspecified atom stereocenters. The van der Waals surface area contributed by atoms with Crippen molar-refractivity contribution < 1.29 is 14.2 Å². The van der Waals surface area contributed by atoms with E-state index in [1.54, 1.807) is 0 Å². The summed E-state index contributed by atoms with van der Waals surface area (Å²) in [6, 6.07) is 1.22. The van der Waals surface area contributed by atoms with E-state index in [4.69, 9.17) is 9.84 Å². The first-order chi connectivity index (χ1) is 6.63. The highest BCUT2D eigenvalue weighted by atomic mass is 19.1. The quantitative estimate of drug-likeness (QED) is 0.803. The van der Waals surface area contributed by atoms with Crippen LogP contribution in [0.1, 0.15) is 19.4 Å². The van der Waals surface area contributed by atoms with Gasteiger partial charge in [0.1, 0.15) is 5.82 Å². The van der Waals surface area contributed by atoms with Gasteiger partial charge in [-0.05, 0) is 12.0 Å². The lowest BCUT2D eigenvalue weighted by molar-refractivity contribution is 0.237. The van der Waals surface area contributed by atoms with Crippen molar-refractivity contribution in [3.05, 3.63) is 23.6 Å². The van der Waals surface area contributed by atoms with E-state index in [0.29, 0.717) is 24.0 Å². The molecule has 0 aliphatic rings. The van der Waals surface area contributed by atoms with Crippen LogP contribution in [0.25, 0.3) is 0 Å². The highest BCUT2D eigenvalue weighted by molar-refractivity contribution is 5.25. The van der Waals surface area contributed by atoms with Crippen LogP contribution in [0.4, 0.5) is 4.39 Å². The maximum absolute atomic E-state index is 12.7. The summed E-state index contributed by atoms with van der Waals surface area (Å²) < 4.78 is 18.0. The number of pyridine rings is 1. The molecule has 0 aromatic carbocycles. The van der Waals surface area contributed by atoms with Crippen molar-refractivity contribution in [1.82, 2.24) is 4.98 Å². The largest absolute Gasteiger partial charge is 0.477 e. The number of ether oxygens (including phenoxy) is 1. The normalized spacial score (nSPS) is 10.6. The van der Waals surface area contributed by atoms with Crippen molar-refractivity contribution in [3.63, 3.8) is 0 Å². The van der Waals surface area contributed by atoms with Crippen LogP contribution in [0, 0.1) is 11.7 Å². The summed E-state index contributed by atoms with van der Waals surface area (Å²) in [5.41, 5.74) is 0.380. The molecule has 3 nitrogen and oxygen atoms in total. The van der Waals surface area contributed by atoms with Gasteiger partial charge in [0.05, 0.1) is 19.4 Å². The molecular formula is C10H14FNO2. The Balaban J connectivity index is 2.75. The molecule has 1 aromatic rings. The number of halogens is 1. The highest BCUT2D eigenvalue weighted by Gasteiger charge is 2.06. The molecule has 78 valence electrons. The van der Waals surface area contributed by atoms with Crippen molar-refractivity contribution in [2.75, 3.05) is 6.61 Å². The van der Waals surface area contributed by atoms with Crippen molar-refractivity contribution in [2.24, 2.45) is 5.92 Å². The Morgan fingerprint density at radius 1 is 1.57 bits per heavy atom. The number of aliphatic hydroxyl groups excluding tert-OH is 1. The molecule has 0 radical (unpaired) electrons. The van der Waals surface area contributed by atoms with Gasteiger partial charge in [-0.2, -0.15) is 0 Å². The molecule has 1 rings (SSSR count). The maximum Gasteiger partial charge on any atom is 0.219 e. The Bertz CT molecular complexity index is 302. The van der Waals surface area contributed by atoms with Crippen LogP contribution < -0.4 is 4.74 Å². The third-order valence-corrected chi connectivity index (χ3v) is 1.62. The molecule has 0 saturated heterocycles. The van der Waals surface area contributed by atoms with Gasteiger partial charge in [0.15, 0.2) is 0 Å². The summed E-state index contributed by atoms with van der Waals surface area (Å²) in [6.45, 7) is 4.24. The first kappa shape index (κ1) is 10.9. The van der Waals surface area contributed by atoms with Crippen molar-refractivity contribution >= 4 is 0 Å². The third-order valence-electron chi connectivity index (χ3n) is 1.62. The first-order valence-electron chi connectivity index (χ1n) is 4.51. The van der Waals surface area contributed by atoms with E-state index in [1.165, 1.54) is 6.07 Å². The molecule has 0 aliphatic carbocycles. The lowest BCUT2D eigenvalue weighted by atomic mass is 10.2. The van der Waals surface area contributed by atoms with Crippen LogP contribution in [0.15, 0.2) is 12.3 Å². The Morgan fingerprint density at radius 2 is 2.29 bits per heavy atom. The predicted molar refractivity (Wildman–Crippen MR) is 50.5 cm³/mol. The second kappa shape index (κ2) is 4.91. The zero-order chi connectivity index (χ0) is 10.6. The minimum atomic E-state index is -0.467. The van der Waals surface area contributed by atoms with Gasteiger partial charge in [0.25, 0.3) is 0 Å². The van der Waals surface area contributed by atoms with E-state index in [1.807, 2.05) is 13.8 Å². The second-order valence-electron chi connectivity index (χ2n) is 3.48. The standard InChI is InChI=1S/C10H14FNO2/c1-7(2)6-14-10-8(5-13)3-9(11)4-12-10/h3-4,7,13H,5-6H2,1-2H3. The van der Waals surface area contributed by atoms with E-state index in [2.05, 4.69) is 4.98 Å². The van der Waals surface area contributed by atoms with E-state index in [-0.39, 0.29) is 6.61 Å². The monoisotopic (exact) mass is 199 g/mol. The van der Waals surface area contributed by atoms with E-state index in [0.717, 1.165) is 6.20 Å². The van der Waals surface area contributed by atoms with E-state index in [9.17, 15) is 4.39 Å². The lowest BCUT2D eigenvalue weighted by Crippen LogP contribution is -2.07. The molecule has 0 amide bonds. The number of hydrogen-bond donors (Lipinski definition) is 1. The highest BCUT2D eigenvalue weighted by Crippen LogP contribution is 2.16. The molecule has 0 atom stereocenters. The lowest BCUT2D eigenvalue weighted by Gasteiger charge is -2.10. The maximum atomic E-state index is 12.7. The first-order valence-corrected chi connectivity index (χ1v) is 4.51. The fraction of sp³-hybridized carbons (Fsp3) is 0.500. The summed E-state index contributed by atoms with van der Waals surface area (Å²) in [5.74, 6) is 0.210. The van der Waals surface area contributed by atoms with E-state index < -0.39 is 5.82 Å². The van der Waals surface area contributed by atoms with Crippen LogP contribution in [0.5, 0.6) is 5.88 Å². The average Bonchev–Trinajstić information content (AvgIpc) is 2.15. The predicted octanol–water partition coefficient (Wildman–Crippen LogP) is 1.75. The van der Waals surface area contributed by atoms with Crippen LogP contribution in [-0.4, -0.2) is 16.7 Å². The fourth-order valence-corrected chi connectivity index (χ4v) is 0.957. The second-order valence-corrected chi connectivity index (χ2v) is 3.48. The molecule has 1 aromatic heterocycles. The number of aliphatic hydroxyl groups is 1. The molecule has 1 heterocycles. The minimum absolute atomic E-state index is 0.266. The summed E-state index contributed by atoms with van der Waals surface area (Å²) in [6.07, 6.45) is 1.08. The zero-order valence-corrected chi connectivity index (χ0v) is 8.33. The number of rotatable bonds is 4. The van der Waals surface area contributed by atoms with Gasteiger partial charge in [-0.1, -0.05) is 13.8 Å². The third kappa shape index (κ3) is 2.96. The van der Waals surface area contributed by atoms with E-state index >= 15 is 0 Å². The molecular weight excluding hydrogens is 185 g/mol. The van der Waals surface area contributed by atoms with Gasteiger partial charge in [-0.25, -0.2) is 9.37 Å². The number of aromatic nitrogens is 1. The topological polar surface area (TPSA) is 42.4 Å². The summed E-state index contributed by atoms with van der Waals surface area (Å²) >= 11 is 0. The molecule has 0 fully saturated rings. The molecule has 1 N–H and O–H groups in total. The molecule has 0 saturated carbocycles. The van der Waals surface area contributed by atoms with Gasteiger partial charge >= 0.3 is 0 Å².